The quantitative estimate of drug-likeness (QED) is 0.401. The van der Waals surface area contributed by atoms with Crippen LogP contribution in [0.3, 0.4) is 0 Å². The second-order valence-corrected chi connectivity index (χ2v) is 10.6. The topological polar surface area (TPSA) is 122 Å². The highest BCUT2D eigenvalue weighted by atomic mass is 19.4. The van der Waals surface area contributed by atoms with Gasteiger partial charge in [-0.05, 0) is 49.7 Å². The minimum absolute atomic E-state index is 0.0343. The van der Waals surface area contributed by atoms with Gasteiger partial charge in [-0.25, -0.2) is 9.97 Å². The first-order chi connectivity index (χ1) is 18.6. The number of aromatic nitrogens is 5. The van der Waals surface area contributed by atoms with Crippen molar-refractivity contribution in [3.05, 3.63) is 48.0 Å². The van der Waals surface area contributed by atoms with Gasteiger partial charge in [0, 0.05) is 42.1 Å². The van der Waals surface area contributed by atoms with Crippen molar-refractivity contribution >= 4 is 33.7 Å². The second-order valence-electron chi connectivity index (χ2n) is 10.6. The number of hydrogen-bond acceptors (Lipinski definition) is 7. The molecule has 4 aromatic rings. The van der Waals surface area contributed by atoms with Gasteiger partial charge < -0.3 is 15.2 Å². The van der Waals surface area contributed by atoms with Gasteiger partial charge in [-0.3, -0.25) is 14.4 Å². The molecule has 0 bridgehead atoms. The first-order valence-corrected chi connectivity index (χ1v) is 12.6. The number of benzene rings is 1. The number of halogens is 3. The molecule has 2 saturated heterocycles. The van der Waals surface area contributed by atoms with Crippen LogP contribution in [0.15, 0.2) is 36.8 Å². The van der Waals surface area contributed by atoms with Crippen LogP contribution in [0, 0.1) is 16.7 Å². The van der Waals surface area contributed by atoms with E-state index in [2.05, 4.69) is 37.0 Å². The predicted octanol–water partition coefficient (Wildman–Crippen LogP) is 2.80. The highest BCUT2D eigenvalue weighted by Crippen LogP contribution is 2.43. The molecule has 0 radical (unpaired) electrons. The summed E-state index contributed by atoms with van der Waals surface area (Å²) in [5.74, 6) is 0.139. The number of nitrogens with two attached hydrogens (primary N) is 1. The molecule has 1 amide bonds. The van der Waals surface area contributed by atoms with Crippen molar-refractivity contribution < 1.29 is 18.0 Å². The summed E-state index contributed by atoms with van der Waals surface area (Å²) in [7, 11) is 0. The number of rotatable bonds is 6. The number of nitrogens with zero attached hydrogens (tertiary/aromatic N) is 8. The molecule has 10 nitrogen and oxygen atoms in total. The van der Waals surface area contributed by atoms with Crippen LogP contribution < -0.4 is 10.6 Å². The van der Waals surface area contributed by atoms with E-state index in [1.807, 2.05) is 12.1 Å². The number of carbonyl (C=O) groups excluding carboxylic acids is 1. The zero-order valence-electron chi connectivity index (χ0n) is 21.0. The number of likely N-dealkylation sites (tertiary alicyclic amines) is 1. The molecule has 0 aliphatic carbocycles. The Morgan fingerprint density at radius 3 is 2.62 bits per heavy atom. The standard InChI is InChI=1S/C26H26F3N9O/c27-26(28,29)15-37-11-20-23(34-37)32-16-33-24(20)36-13-25(14-36)3-5-35(6-4-25)10-17-1-2-21-18(7-17)8-19(9-30)38(21)12-22(31)39/h1-2,7-8,11,16H,3-6,10,12-15H2,(H2,31,39). The van der Waals surface area contributed by atoms with Crippen LogP contribution in [0.5, 0.6) is 0 Å². The molecular weight excluding hydrogens is 511 g/mol. The summed E-state index contributed by atoms with van der Waals surface area (Å²) in [4.78, 5) is 24.4. The van der Waals surface area contributed by atoms with Gasteiger partial charge in [0.2, 0.25) is 5.91 Å². The molecule has 6 rings (SSSR count). The Labute approximate surface area is 221 Å². The normalized spacial score (nSPS) is 17.5. The predicted molar refractivity (Wildman–Crippen MR) is 136 cm³/mol. The summed E-state index contributed by atoms with van der Waals surface area (Å²) in [5.41, 5.74) is 8.13. The molecule has 2 aliphatic heterocycles. The van der Waals surface area contributed by atoms with E-state index in [1.54, 1.807) is 10.6 Å². The lowest BCUT2D eigenvalue weighted by Crippen LogP contribution is -2.60. The molecular formula is C26H26F3N9O. The van der Waals surface area contributed by atoms with Crippen molar-refractivity contribution in [3.63, 3.8) is 0 Å². The van der Waals surface area contributed by atoms with Crippen molar-refractivity contribution in [2.45, 2.75) is 38.7 Å². The van der Waals surface area contributed by atoms with Crippen molar-refractivity contribution in [1.29, 1.82) is 5.26 Å². The van der Waals surface area contributed by atoms with Crippen LogP contribution in [0.4, 0.5) is 19.0 Å². The van der Waals surface area contributed by atoms with Gasteiger partial charge in [-0.15, -0.1) is 0 Å². The molecule has 5 heterocycles. The summed E-state index contributed by atoms with van der Waals surface area (Å²) >= 11 is 0. The maximum absolute atomic E-state index is 12.8. The van der Waals surface area contributed by atoms with Gasteiger partial charge in [0.25, 0.3) is 0 Å². The first-order valence-electron chi connectivity index (χ1n) is 12.6. The van der Waals surface area contributed by atoms with Crippen molar-refractivity contribution in [2.75, 3.05) is 31.1 Å². The fourth-order valence-corrected chi connectivity index (χ4v) is 5.90. The molecule has 0 unspecified atom stereocenters. The van der Waals surface area contributed by atoms with Gasteiger partial charge in [0.05, 0.1) is 5.39 Å². The molecule has 13 heteroatoms. The highest BCUT2D eigenvalue weighted by molar-refractivity contribution is 5.87. The van der Waals surface area contributed by atoms with E-state index < -0.39 is 18.6 Å². The number of piperidine rings is 1. The van der Waals surface area contributed by atoms with E-state index in [4.69, 9.17) is 5.73 Å². The number of hydrogen-bond donors (Lipinski definition) is 1. The average molecular weight is 538 g/mol. The summed E-state index contributed by atoms with van der Waals surface area (Å²) in [6.07, 6.45) is 0.409. The zero-order chi connectivity index (χ0) is 27.4. The molecule has 0 saturated carbocycles. The molecule has 1 aromatic carbocycles. The third kappa shape index (κ3) is 4.87. The zero-order valence-corrected chi connectivity index (χ0v) is 21.0. The van der Waals surface area contributed by atoms with E-state index in [-0.39, 0.29) is 17.6 Å². The van der Waals surface area contributed by atoms with E-state index >= 15 is 0 Å². The third-order valence-corrected chi connectivity index (χ3v) is 7.75. The van der Waals surface area contributed by atoms with Gasteiger partial charge in [-0.1, -0.05) is 6.07 Å². The molecule has 39 heavy (non-hydrogen) atoms. The highest BCUT2D eigenvalue weighted by Gasteiger charge is 2.45. The smallest absolute Gasteiger partial charge is 0.368 e. The van der Waals surface area contributed by atoms with Crippen LogP contribution >= 0.6 is 0 Å². The van der Waals surface area contributed by atoms with Crippen LogP contribution in [0.1, 0.15) is 24.1 Å². The first kappa shape index (κ1) is 25.1. The fraction of sp³-hybridized carbons (Fsp3) is 0.423. The minimum atomic E-state index is -4.36. The van der Waals surface area contributed by atoms with E-state index in [0.717, 1.165) is 66.7 Å². The van der Waals surface area contributed by atoms with Crippen molar-refractivity contribution in [3.8, 4) is 6.07 Å². The van der Waals surface area contributed by atoms with Crippen LogP contribution in [0.2, 0.25) is 0 Å². The molecule has 1 spiro atoms. The Hall–Kier alpha value is -4.18. The van der Waals surface area contributed by atoms with E-state index in [0.29, 0.717) is 16.9 Å². The van der Waals surface area contributed by atoms with Crippen LogP contribution in [-0.4, -0.2) is 67.5 Å². The number of primary amides is 1. The average Bonchev–Trinajstić information content (AvgIpc) is 3.41. The molecule has 2 aliphatic rings. The lowest BCUT2D eigenvalue weighted by atomic mass is 9.72. The third-order valence-electron chi connectivity index (χ3n) is 7.75. The van der Waals surface area contributed by atoms with Crippen LogP contribution in [0.25, 0.3) is 21.9 Å². The number of amides is 1. The van der Waals surface area contributed by atoms with Crippen LogP contribution in [-0.2, 0) is 24.4 Å². The number of alkyl halides is 3. The van der Waals surface area contributed by atoms with Gasteiger partial charge >= 0.3 is 6.18 Å². The van der Waals surface area contributed by atoms with Crippen molar-refractivity contribution in [1.82, 2.24) is 29.2 Å². The Balaban J connectivity index is 1.09. The Kier molecular flexibility index (Phi) is 5.95. The summed E-state index contributed by atoms with van der Waals surface area (Å²) in [5, 5.41) is 14.9. The minimum Gasteiger partial charge on any atom is -0.368 e. The lowest BCUT2D eigenvalue weighted by molar-refractivity contribution is -0.142. The second kappa shape index (κ2) is 9.23. The largest absolute Gasteiger partial charge is 0.408 e. The number of nitriles is 1. The van der Waals surface area contributed by atoms with Gasteiger partial charge in [-0.2, -0.15) is 23.5 Å². The number of fused-ring (bicyclic) bond motifs is 2. The maximum Gasteiger partial charge on any atom is 0.408 e. The molecule has 202 valence electrons. The maximum atomic E-state index is 12.8. The number of carbonyl (C=O) groups is 1. The summed E-state index contributed by atoms with van der Waals surface area (Å²) in [6, 6.07) is 9.93. The molecule has 3 aromatic heterocycles. The fourth-order valence-electron chi connectivity index (χ4n) is 5.90. The Morgan fingerprint density at radius 2 is 1.92 bits per heavy atom. The number of anilines is 1. The molecule has 2 N–H and O–H groups in total. The summed E-state index contributed by atoms with van der Waals surface area (Å²) < 4.78 is 41.0. The molecule has 2 fully saturated rings. The van der Waals surface area contributed by atoms with E-state index in [9.17, 15) is 23.2 Å². The monoisotopic (exact) mass is 537 g/mol. The van der Waals surface area contributed by atoms with Gasteiger partial charge in [0.15, 0.2) is 5.65 Å². The Bertz CT molecular complexity index is 1600. The SMILES string of the molecule is N#Cc1cc2cc(CN3CCC4(CC3)CN(c3ncnc5nn(CC(F)(F)F)cc35)C4)ccc2n1CC(N)=O. The van der Waals surface area contributed by atoms with Gasteiger partial charge in [0.1, 0.15) is 37.0 Å². The molecule has 0 atom stereocenters. The Morgan fingerprint density at radius 1 is 1.15 bits per heavy atom. The lowest BCUT2D eigenvalue weighted by Gasteiger charge is -2.54. The summed E-state index contributed by atoms with van der Waals surface area (Å²) in [6.45, 7) is 3.05. The van der Waals surface area contributed by atoms with Crippen molar-refractivity contribution in [2.24, 2.45) is 11.1 Å². The van der Waals surface area contributed by atoms with E-state index in [1.165, 1.54) is 12.5 Å².